The number of guanidine groups is 1. The number of carbonyl (C=O) groups is 1. The Morgan fingerprint density at radius 3 is 2.31 bits per heavy atom. The van der Waals surface area contributed by atoms with Crippen LogP contribution in [0.25, 0.3) is 0 Å². The van der Waals surface area contributed by atoms with Gasteiger partial charge in [-0.3, -0.25) is 10.2 Å². The van der Waals surface area contributed by atoms with Gasteiger partial charge in [0, 0.05) is 30.8 Å². The van der Waals surface area contributed by atoms with E-state index in [1.54, 1.807) is 61.5 Å². The van der Waals surface area contributed by atoms with Crippen LogP contribution >= 0.6 is 12.4 Å². The number of hydrogen-bond donors (Lipinski definition) is 2. The van der Waals surface area contributed by atoms with Crippen LogP contribution in [0.1, 0.15) is 21.5 Å². The van der Waals surface area contributed by atoms with Crippen LogP contribution in [0, 0.1) is 11.2 Å². The van der Waals surface area contributed by atoms with E-state index in [4.69, 9.17) is 11.1 Å². The van der Waals surface area contributed by atoms with Gasteiger partial charge in [0.05, 0.1) is 6.54 Å². The largest absolute Gasteiger partial charge is 0.369 e. The molecule has 0 unspecified atom stereocenters. The Kier molecular flexibility index (Phi) is 7.74. The molecular weight excluding hydrogens is 357 g/mol. The lowest BCUT2D eigenvalue weighted by atomic mass is 10.1. The Hall–Kier alpha value is -2.93. The third-order valence-electron chi connectivity index (χ3n) is 3.50. The van der Waals surface area contributed by atoms with Crippen molar-refractivity contribution in [1.82, 2.24) is 9.91 Å². The molecule has 0 fully saturated rings. The molecule has 8 heteroatoms. The van der Waals surface area contributed by atoms with Gasteiger partial charge in [0.2, 0.25) is 5.96 Å². The molecule has 138 valence electrons. The third kappa shape index (κ3) is 5.29. The first-order valence-electron chi connectivity index (χ1n) is 7.59. The molecule has 0 radical (unpaired) electrons. The minimum Gasteiger partial charge on any atom is -0.369 e. The van der Waals surface area contributed by atoms with E-state index < -0.39 is 0 Å². The van der Waals surface area contributed by atoms with Gasteiger partial charge >= 0.3 is 0 Å². The SMILES string of the molecule is CN(C)C(=NN(Cc1ccccc1F)C(=N)N)c1ccc(C=O)cc1.Cl. The zero-order valence-electron chi connectivity index (χ0n) is 14.5. The molecule has 0 bridgehead atoms. The summed E-state index contributed by atoms with van der Waals surface area (Å²) in [5, 5.41) is 13.4. The van der Waals surface area contributed by atoms with E-state index in [1.807, 2.05) is 0 Å². The number of aldehydes is 1. The molecule has 26 heavy (non-hydrogen) atoms. The average Bonchev–Trinajstić information content (AvgIpc) is 2.59. The first-order valence-corrected chi connectivity index (χ1v) is 7.59. The Morgan fingerprint density at radius 2 is 1.81 bits per heavy atom. The summed E-state index contributed by atoms with van der Waals surface area (Å²) < 4.78 is 13.9. The monoisotopic (exact) mass is 377 g/mol. The number of amidine groups is 1. The van der Waals surface area contributed by atoms with Crippen LogP contribution in [-0.2, 0) is 6.54 Å². The maximum atomic E-state index is 13.9. The smallest absolute Gasteiger partial charge is 0.209 e. The van der Waals surface area contributed by atoms with Crippen molar-refractivity contribution in [3.05, 3.63) is 71.0 Å². The van der Waals surface area contributed by atoms with E-state index in [0.29, 0.717) is 17.0 Å². The second-order valence-corrected chi connectivity index (χ2v) is 5.59. The predicted molar refractivity (Wildman–Crippen MR) is 103 cm³/mol. The fraction of sp³-hybridized carbons (Fsp3) is 0.167. The topological polar surface area (TPSA) is 85.8 Å². The highest BCUT2D eigenvalue weighted by atomic mass is 35.5. The maximum absolute atomic E-state index is 13.9. The van der Waals surface area contributed by atoms with Crippen molar-refractivity contribution in [2.45, 2.75) is 6.54 Å². The highest BCUT2D eigenvalue weighted by Gasteiger charge is 2.14. The summed E-state index contributed by atoms with van der Waals surface area (Å²) in [4.78, 5) is 12.6. The van der Waals surface area contributed by atoms with Gasteiger partial charge in [-0.15, -0.1) is 12.4 Å². The number of nitrogens with one attached hydrogen (secondary N) is 1. The van der Waals surface area contributed by atoms with Gasteiger partial charge in [0.15, 0.2) is 5.84 Å². The lowest BCUT2D eigenvalue weighted by Crippen LogP contribution is -2.35. The molecule has 0 saturated carbocycles. The van der Waals surface area contributed by atoms with Crippen molar-refractivity contribution in [2.24, 2.45) is 10.8 Å². The molecule has 0 aliphatic rings. The predicted octanol–water partition coefficient (Wildman–Crippen LogP) is 2.68. The molecule has 0 aliphatic heterocycles. The number of hydrogen-bond acceptors (Lipinski definition) is 3. The lowest BCUT2D eigenvalue weighted by molar-refractivity contribution is 0.112. The number of halogens is 2. The zero-order chi connectivity index (χ0) is 18.4. The quantitative estimate of drug-likeness (QED) is 0.363. The standard InChI is InChI=1S/C18H20FN5O.ClH/c1-23(2)17(14-9-7-13(12-25)8-10-14)22-24(18(20)21)11-15-5-3-4-6-16(15)19;/h3-10,12H,11H2,1-2H3,(H3,20,21);1H. The molecule has 0 saturated heterocycles. The number of hydrazone groups is 1. The van der Waals surface area contributed by atoms with E-state index in [0.717, 1.165) is 11.8 Å². The fourth-order valence-corrected chi connectivity index (χ4v) is 2.19. The van der Waals surface area contributed by atoms with Gasteiger partial charge in [-0.1, -0.05) is 42.5 Å². The van der Waals surface area contributed by atoms with Gasteiger partial charge in [-0.25, -0.2) is 9.40 Å². The van der Waals surface area contributed by atoms with Gasteiger partial charge in [-0.05, 0) is 6.07 Å². The molecule has 0 aromatic heterocycles. The minimum absolute atomic E-state index is 0. The van der Waals surface area contributed by atoms with Crippen LogP contribution in [0.2, 0.25) is 0 Å². The van der Waals surface area contributed by atoms with Gasteiger partial charge < -0.3 is 10.6 Å². The summed E-state index contributed by atoms with van der Waals surface area (Å²) >= 11 is 0. The number of nitrogens with zero attached hydrogens (tertiary/aromatic N) is 3. The van der Waals surface area contributed by atoms with Gasteiger partial charge in [0.25, 0.3) is 0 Å². The first kappa shape index (κ1) is 21.1. The summed E-state index contributed by atoms with van der Waals surface area (Å²) in [5.41, 5.74) is 7.30. The third-order valence-corrected chi connectivity index (χ3v) is 3.50. The first-order chi connectivity index (χ1) is 11.9. The van der Waals surface area contributed by atoms with E-state index >= 15 is 0 Å². The van der Waals surface area contributed by atoms with E-state index in [1.165, 1.54) is 11.1 Å². The summed E-state index contributed by atoms with van der Waals surface area (Å²) in [7, 11) is 3.60. The Morgan fingerprint density at radius 1 is 1.19 bits per heavy atom. The van der Waals surface area contributed by atoms with Crippen LogP contribution in [-0.4, -0.2) is 42.1 Å². The molecule has 0 amide bonds. The molecule has 2 aromatic rings. The number of benzene rings is 2. The summed E-state index contributed by atoms with van der Waals surface area (Å²) in [6.07, 6.45) is 0.760. The fourth-order valence-electron chi connectivity index (χ4n) is 2.19. The molecule has 3 N–H and O–H groups in total. The van der Waals surface area contributed by atoms with Crippen molar-refractivity contribution in [1.29, 1.82) is 5.41 Å². The number of nitrogens with two attached hydrogens (primary N) is 1. The summed E-state index contributed by atoms with van der Waals surface area (Å²) in [6.45, 7) is 0.0335. The molecular formula is C18H21ClFN5O. The normalized spacial score (nSPS) is 10.7. The Labute approximate surface area is 158 Å². The van der Waals surface area contributed by atoms with Crippen LogP contribution in [0.5, 0.6) is 0 Å². The highest BCUT2D eigenvalue weighted by Crippen LogP contribution is 2.12. The molecule has 2 rings (SSSR count). The average molecular weight is 378 g/mol. The van der Waals surface area contributed by atoms with Crippen molar-refractivity contribution >= 4 is 30.5 Å². The summed E-state index contributed by atoms with van der Waals surface area (Å²) in [5.74, 6) is -0.151. The number of rotatable bonds is 5. The Bertz CT molecular complexity index is 792. The highest BCUT2D eigenvalue weighted by molar-refractivity contribution is 5.99. The van der Waals surface area contributed by atoms with Crippen LogP contribution in [0.4, 0.5) is 4.39 Å². The number of carbonyl (C=O) groups excluding carboxylic acids is 1. The summed E-state index contributed by atoms with van der Waals surface area (Å²) in [6, 6.07) is 13.1. The van der Waals surface area contributed by atoms with Crippen LogP contribution in [0.15, 0.2) is 53.6 Å². The van der Waals surface area contributed by atoms with E-state index in [-0.39, 0.29) is 30.7 Å². The van der Waals surface area contributed by atoms with Crippen molar-refractivity contribution < 1.29 is 9.18 Å². The van der Waals surface area contributed by atoms with E-state index in [9.17, 15) is 9.18 Å². The van der Waals surface area contributed by atoms with Crippen LogP contribution in [0.3, 0.4) is 0 Å². The van der Waals surface area contributed by atoms with Crippen molar-refractivity contribution in [2.75, 3.05) is 14.1 Å². The molecule has 0 spiro atoms. The second-order valence-electron chi connectivity index (χ2n) is 5.59. The molecule has 2 aromatic carbocycles. The lowest BCUT2D eigenvalue weighted by Gasteiger charge is -2.22. The van der Waals surface area contributed by atoms with Gasteiger partial charge in [0.1, 0.15) is 12.1 Å². The van der Waals surface area contributed by atoms with Crippen molar-refractivity contribution in [3.63, 3.8) is 0 Å². The minimum atomic E-state index is -0.384. The maximum Gasteiger partial charge on any atom is 0.209 e. The zero-order valence-corrected chi connectivity index (χ0v) is 15.3. The molecule has 0 atom stereocenters. The van der Waals surface area contributed by atoms with E-state index in [2.05, 4.69) is 5.10 Å². The molecule has 0 heterocycles. The van der Waals surface area contributed by atoms with Crippen molar-refractivity contribution in [3.8, 4) is 0 Å². The van der Waals surface area contributed by atoms with Gasteiger partial charge in [-0.2, -0.15) is 5.10 Å². The Balaban J connectivity index is 0.00000338. The second kappa shape index (κ2) is 9.53. The molecule has 0 aliphatic carbocycles. The molecule has 6 nitrogen and oxygen atoms in total. The van der Waals surface area contributed by atoms with Crippen LogP contribution < -0.4 is 5.73 Å².